The van der Waals surface area contributed by atoms with E-state index in [-0.39, 0.29) is 43.2 Å². The van der Waals surface area contributed by atoms with Crippen LogP contribution in [0.25, 0.3) is 0 Å². The molecule has 3 heteroatoms. The molecule has 0 radical (unpaired) electrons. The summed E-state index contributed by atoms with van der Waals surface area (Å²) < 4.78 is 15.3. The van der Waals surface area contributed by atoms with Crippen molar-refractivity contribution < 1.29 is 30.7 Å². The zero-order valence-corrected chi connectivity index (χ0v) is 23.4. The molecule has 0 aliphatic heterocycles. The maximum absolute atomic E-state index is 6.28. The second-order valence-electron chi connectivity index (χ2n) is 12.2. The molecule has 0 N–H and O–H groups in total. The molecule has 0 aliphatic carbocycles. The molecule has 0 aliphatic rings. The van der Waals surface area contributed by atoms with E-state index >= 15 is 0 Å². The fourth-order valence-corrected chi connectivity index (χ4v) is 6.68. The molecule has 0 saturated carbocycles. The summed E-state index contributed by atoms with van der Waals surface area (Å²) in [5.41, 5.74) is 0.135. The van der Waals surface area contributed by atoms with Crippen LogP contribution in [0.4, 0.5) is 0 Å². The minimum atomic E-state index is -0.222. The Morgan fingerprint density at radius 2 is 0.806 bits per heavy atom. The maximum Gasteiger partial charge on any atom is 0.357 e. The molecule has 0 bridgehead atoms. The number of halogens is 1. The Morgan fingerprint density at radius 1 is 0.516 bits per heavy atom. The quantitative estimate of drug-likeness (QED) is 0.442. The average molecular weight is 538 g/mol. The molecule has 0 fully saturated rings. The van der Waals surface area contributed by atoms with E-state index in [1.165, 1.54) is 7.14 Å². The van der Waals surface area contributed by atoms with Crippen molar-refractivity contribution in [2.75, 3.05) is 0 Å². The molecule has 0 amide bonds. The lowest BCUT2D eigenvalue weighted by Gasteiger charge is -2.33. The van der Waals surface area contributed by atoms with Crippen LogP contribution in [-0.2, 0) is 0 Å². The van der Waals surface area contributed by atoms with Crippen molar-refractivity contribution in [3.05, 3.63) is 55.7 Å². The Kier molecular flexibility index (Phi) is 8.16. The van der Waals surface area contributed by atoms with Crippen LogP contribution < -0.4 is 30.7 Å². The summed E-state index contributed by atoms with van der Waals surface area (Å²) in [6.07, 6.45) is 2.02. The van der Waals surface area contributed by atoms with Gasteiger partial charge >= 0.3 is 21.2 Å². The summed E-state index contributed by atoms with van der Waals surface area (Å²) in [7, 11) is 0. The molecule has 2 nitrogen and oxygen atoms in total. The topological polar surface area (TPSA) is 18.5 Å². The van der Waals surface area contributed by atoms with Crippen LogP contribution in [0.15, 0.2) is 48.5 Å². The maximum atomic E-state index is 6.28. The summed E-state index contributed by atoms with van der Waals surface area (Å²) in [5, 5.41) is 0. The van der Waals surface area contributed by atoms with E-state index in [9.17, 15) is 0 Å². The van der Waals surface area contributed by atoms with Crippen molar-refractivity contribution in [2.24, 2.45) is 10.8 Å². The van der Waals surface area contributed by atoms with Gasteiger partial charge in [-0.05, 0) is 99.9 Å². The van der Waals surface area contributed by atoms with Crippen molar-refractivity contribution in [2.45, 2.75) is 93.3 Å². The van der Waals surface area contributed by atoms with E-state index < -0.39 is 0 Å². The molecule has 2 rings (SSSR count). The Labute approximate surface area is 201 Å². The smallest absolute Gasteiger partial charge is 0.357 e. The number of hydrogen-bond donors (Lipinski definition) is 0. The fourth-order valence-electron chi connectivity index (χ4n) is 4.52. The van der Waals surface area contributed by atoms with Crippen molar-refractivity contribution in [3.8, 4) is 11.5 Å². The first-order valence-electron chi connectivity index (χ1n) is 11.3. The number of rotatable bonds is 8. The van der Waals surface area contributed by atoms with Gasteiger partial charge < -0.3 is 9.47 Å². The van der Waals surface area contributed by atoms with Gasteiger partial charge in [-0.3, -0.25) is 0 Å². The minimum Gasteiger partial charge on any atom is -0.488 e. The van der Waals surface area contributed by atoms with E-state index in [0.717, 1.165) is 24.3 Å². The van der Waals surface area contributed by atoms with Crippen molar-refractivity contribution in [3.63, 3.8) is 0 Å². The molecule has 0 unspecified atom stereocenters. The van der Waals surface area contributed by atoms with Crippen LogP contribution in [0.3, 0.4) is 0 Å². The highest BCUT2D eigenvalue weighted by Crippen LogP contribution is 2.31. The molecule has 2 aromatic carbocycles. The first-order chi connectivity index (χ1) is 14.0. The largest absolute Gasteiger partial charge is 0.488 e. The average Bonchev–Trinajstić information content (AvgIpc) is 2.53. The summed E-state index contributed by atoms with van der Waals surface area (Å²) in [6, 6.07) is 17.3. The highest BCUT2D eigenvalue weighted by molar-refractivity contribution is 5.23. The van der Waals surface area contributed by atoms with Crippen LogP contribution in [0.2, 0.25) is 0 Å². The van der Waals surface area contributed by atoms with E-state index in [4.69, 9.17) is 9.47 Å². The standard InChI is InChI=1S/C28H42IO2/c1-25(2,3)19-27(7,8)30-23-15-11-21(12-16-23)29-22-13-17-24(18-14-22)31-28(9,10)20-26(4,5)6/h11-18H,19-20H2,1-10H3/q+1. The van der Waals surface area contributed by atoms with Gasteiger partial charge in [0.25, 0.3) is 0 Å². The summed E-state index contributed by atoms with van der Waals surface area (Å²) in [6.45, 7) is 22.2. The van der Waals surface area contributed by atoms with Gasteiger partial charge in [0.2, 0.25) is 0 Å². The fraction of sp³-hybridized carbons (Fsp3) is 0.571. The Morgan fingerprint density at radius 3 is 1.06 bits per heavy atom. The highest BCUT2D eigenvalue weighted by Gasteiger charge is 2.28. The molecule has 2 aromatic rings. The number of hydrogen-bond acceptors (Lipinski definition) is 2. The third-order valence-corrected chi connectivity index (χ3v) is 7.23. The first kappa shape index (κ1) is 26.0. The third-order valence-electron chi connectivity index (χ3n) is 4.55. The number of benzene rings is 2. The van der Waals surface area contributed by atoms with Gasteiger partial charge in [0.15, 0.2) is 7.14 Å². The normalized spacial score (nSPS) is 13.2. The van der Waals surface area contributed by atoms with E-state index in [1.54, 1.807) is 0 Å². The molecule has 0 atom stereocenters. The Balaban J connectivity index is 1.96. The van der Waals surface area contributed by atoms with Gasteiger partial charge in [0, 0.05) is 0 Å². The lowest BCUT2D eigenvalue weighted by molar-refractivity contribution is -0.597. The second kappa shape index (κ2) is 9.72. The summed E-state index contributed by atoms with van der Waals surface area (Å²) in [5.74, 6) is 1.90. The molecular weight excluding hydrogens is 495 g/mol. The van der Waals surface area contributed by atoms with Crippen LogP contribution in [0.1, 0.15) is 82.1 Å². The van der Waals surface area contributed by atoms with Crippen molar-refractivity contribution >= 4 is 0 Å². The molecular formula is C28H42IO2+. The third kappa shape index (κ3) is 10.3. The summed E-state index contributed by atoms with van der Waals surface area (Å²) >= 11 is -0.222. The summed E-state index contributed by atoms with van der Waals surface area (Å²) in [4.78, 5) is 0. The highest BCUT2D eigenvalue weighted by atomic mass is 127. The van der Waals surface area contributed by atoms with Gasteiger partial charge in [0.1, 0.15) is 22.7 Å². The predicted molar refractivity (Wildman–Crippen MR) is 128 cm³/mol. The van der Waals surface area contributed by atoms with Crippen LogP contribution >= 0.6 is 0 Å². The number of ether oxygens (including phenoxy) is 2. The van der Waals surface area contributed by atoms with Crippen molar-refractivity contribution in [1.29, 1.82) is 0 Å². The second-order valence-corrected chi connectivity index (χ2v) is 15.2. The van der Waals surface area contributed by atoms with Crippen LogP contribution in [0.5, 0.6) is 11.5 Å². The molecule has 0 spiro atoms. The van der Waals surface area contributed by atoms with Gasteiger partial charge in [-0.15, -0.1) is 0 Å². The van der Waals surface area contributed by atoms with E-state index in [2.05, 4.69) is 118 Å². The van der Waals surface area contributed by atoms with Gasteiger partial charge in [-0.2, -0.15) is 0 Å². The monoisotopic (exact) mass is 537 g/mol. The predicted octanol–water partition coefficient (Wildman–Crippen LogP) is 5.00. The lowest BCUT2D eigenvalue weighted by Crippen LogP contribution is -3.61. The van der Waals surface area contributed by atoms with Gasteiger partial charge in [-0.1, -0.05) is 41.5 Å². The van der Waals surface area contributed by atoms with Crippen LogP contribution in [0, 0.1) is 18.0 Å². The van der Waals surface area contributed by atoms with Crippen molar-refractivity contribution in [1.82, 2.24) is 0 Å². The minimum absolute atomic E-state index is 0.175. The Hall–Kier alpha value is -1.23. The van der Waals surface area contributed by atoms with Gasteiger partial charge in [-0.25, -0.2) is 0 Å². The molecule has 0 heterocycles. The van der Waals surface area contributed by atoms with Crippen LogP contribution in [-0.4, -0.2) is 11.2 Å². The molecule has 0 aromatic heterocycles. The zero-order chi connectivity index (χ0) is 23.5. The Bertz CT molecular complexity index is 748. The first-order valence-corrected chi connectivity index (χ1v) is 13.4. The molecule has 172 valence electrons. The molecule has 0 saturated heterocycles. The zero-order valence-electron chi connectivity index (χ0n) is 21.2. The lowest BCUT2D eigenvalue weighted by atomic mass is 9.83. The molecule has 31 heavy (non-hydrogen) atoms. The van der Waals surface area contributed by atoms with Gasteiger partial charge in [0.05, 0.1) is 0 Å². The van der Waals surface area contributed by atoms with E-state index in [1.807, 2.05) is 0 Å². The SMILES string of the molecule is CC(C)(C)CC(C)(C)Oc1ccc([I+]c2ccc(OC(C)(C)CC(C)(C)C)cc2)cc1. The van der Waals surface area contributed by atoms with E-state index in [0.29, 0.717) is 0 Å².